The van der Waals surface area contributed by atoms with Crippen LogP contribution in [0.3, 0.4) is 0 Å². The summed E-state index contributed by atoms with van der Waals surface area (Å²) in [5, 5.41) is 0. The van der Waals surface area contributed by atoms with E-state index in [1.165, 1.54) is 13.2 Å². The van der Waals surface area contributed by atoms with E-state index in [1.54, 1.807) is 24.3 Å². The Morgan fingerprint density at radius 3 is 2.62 bits per heavy atom. The molecule has 2 aromatic rings. The lowest BCUT2D eigenvalue weighted by atomic mass is 10.1. The smallest absolute Gasteiger partial charge is 0.343 e. The molecule has 0 N–H and O–H groups in total. The highest BCUT2D eigenvalue weighted by Gasteiger charge is 2.16. The van der Waals surface area contributed by atoms with Gasteiger partial charge in [-0.05, 0) is 47.1 Å². The van der Waals surface area contributed by atoms with E-state index in [0.717, 1.165) is 5.56 Å². The van der Waals surface area contributed by atoms with Gasteiger partial charge in [-0.25, -0.2) is 4.79 Å². The summed E-state index contributed by atoms with van der Waals surface area (Å²) in [4.78, 5) is 23.0. The first-order valence-corrected chi connectivity index (χ1v) is 6.96. The molecule has 2 rings (SSSR count). The predicted octanol–water partition coefficient (Wildman–Crippen LogP) is 3.80. The number of carbonyl (C=O) groups excluding carboxylic acids is 2. The topological polar surface area (TPSA) is 52.6 Å². The summed E-state index contributed by atoms with van der Waals surface area (Å²) < 4.78 is 11.0. The quantitative estimate of drug-likeness (QED) is 0.479. The number of halogens is 1. The van der Waals surface area contributed by atoms with Crippen molar-refractivity contribution in [3.05, 3.63) is 57.6 Å². The largest absolute Gasteiger partial charge is 0.493 e. The van der Waals surface area contributed by atoms with Gasteiger partial charge in [0, 0.05) is 5.56 Å². The second-order valence-electron chi connectivity index (χ2n) is 4.41. The van der Waals surface area contributed by atoms with Crippen molar-refractivity contribution in [1.29, 1.82) is 0 Å². The molecule has 0 aromatic heterocycles. The molecule has 0 bridgehead atoms. The van der Waals surface area contributed by atoms with Crippen LogP contribution in [0.15, 0.2) is 40.9 Å². The predicted molar refractivity (Wildman–Crippen MR) is 82.2 cm³/mol. The van der Waals surface area contributed by atoms with Crippen LogP contribution in [0.1, 0.15) is 26.3 Å². The molecule has 0 unspecified atom stereocenters. The first-order valence-electron chi connectivity index (χ1n) is 6.16. The summed E-state index contributed by atoms with van der Waals surface area (Å²) >= 11 is 3.28. The molecule has 0 heterocycles. The van der Waals surface area contributed by atoms with Gasteiger partial charge in [0.15, 0.2) is 11.5 Å². The van der Waals surface area contributed by atoms with Gasteiger partial charge in [0.1, 0.15) is 6.29 Å². The summed E-state index contributed by atoms with van der Waals surface area (Å²) in [6.07, 6.45) is 0.694. The van der Waals surface area contributed by atoms with Crippen LogP contribution in [0.4, 0.5) is 0 Å². The van der Waals surface area contributed by atoms with E-state index in [-0.39, 0.29) is 5.75 Å². The minimum absolute atomic E-state index is 0.245. The molecule has 4 nitrogen and oxygen atoms in total. The number of hydrogen-bond acceptors (Lipinski definition) is 4. The fraction of sp³-hybridized carbons (Fsp3) is 0.125. The SMILES string of the molecule is COc1cc(C=O)cc(Br)c1OC(=O)c1cccc(C)c1. The molecule has 0 radical (unpaired) electrons. The minimum Gasteiger partial charge on any atom is -0.493 e. The molecule has 0 spiro atoms. The number of ether oxygens (including phenoxy) is 2. The average Bonchev–Trinajstić information content (AvgIpc) is 2.48. The summed E-state index contributed by atoms with van der Waals surface area (Å²) in [7, 11) is 1.44. The maximum Gasteiger partial charge on any atom is 0.343 e. The Morgan fingerprint density at radius 1 is 1.24 bits per heavy atom. The van der Waals surface area contributed by atoms with Crippen molar-refractivity contribution in [2.75, 3.05) is 7.11 Å². The van der Waals surface area contributed by atoms with Gasteiger partial charge in [-0.2, -0.15) is 0 Å². The minimum atomic E-state index is -0.489. The molecule has 0 amide bonds. The molecule has 108 valence electrons. The van der Waals surface area contributed by atoms with Gasteiger partial charge >= 0.3 is 5.97 Å². The van der Waals surface area contributed by atoms with Crippen molar-refractivity contribution in [3.8, 4) is 11.5 Å². The fourth-order valence-electron chi connectivity index (χ4n) is 1.83. The molecule has 0 aliphatic rings. The van der Waals surface area contributed by atoms with Gasteiger partial charge < -0.3 is 9.47 Å². The molecule has 0 saturated heterocycles. The lowest BCUT2D eigenvalue weighted by molar-refractivity contribution is 0.0728. The summed E-state index contributed by atoms with van der Waals surface area (Å²) in [6.45, 7) is 1.89. The van der Waals surface area contributed by atoms with Crippen molar-refractivity contribution in [2.24, 2.45) is 0 Å². The van der Waals surface area contributed by atoms with E-state index >= 15 is 0 Å². The number of methoxy groups -OCH3 is 1. The number of carbonyl (C=O) groups is 2. The molecule has 0 atom stereocenters. The van der Waals surface area contributed by atoms with E-state index in [2.05, 4.69) is 15.9 Å². The maximum atomic E-state index is 12.2. The van der Waals surface area contributed by atoms with Crippen LogP contribution < -0.4 is 9.47 Å². The Hall–Kier alpha value is -2.14. The maximum absolute atomic E-state index is 12.2. The van der Waals surface area contributed by atoms with Gasteiger partial charge in [-0.1, -0.05) is 17.7 Å². The van der Waals surface area contributed by atoms with Crippen LogP contribution in [-0.4, -0.2) is 19.4 Å². The third kappa shape index (κ3) is 3.49. The Kier molecular flexibility index (Phi) is 4.75. The van der Waals surface area contributed by atoms with Crippen molar-refractivity contribution in [2.45, 2.75) is 6.92 Å². The zero-order valence-corrected chi connectivity index (χ0v) is 13.1. The Bertz CT molecular complexity index is 695. The molecule has 5 heteroatoms. The average molecular weight is 349 g/mol. The Morgan fingerprint density at radius 2 is 2.00 bits per heavy atom. The normalized spacial score (nSPS) is 10.0. The van der Waals surface area contributed by atoms with E-state index < -0.39 is 5.97 Å². The van der Waals surface area contributed by atoms with Crippen LogP contribution in [0.2, 0.25) is 0 Å². The number of esters is 1. The zero-order valence-electron chi connectivity index (χ0n) is 11.6. The van der Waals surface area contributed by atoms with Crippen molar-refractivity contribution < 1.29 is 19.1 Å². The number of aldehydes is 1. The van der Waals surface area contributed by atoms with Gasteiger partial charge in [-0.15, -0.1) is 0 Å². The van der Waals surface area contributed by atoms with Gasteiger partial charge in [0.2, 0.25) is 0 Å². The number of rotatable bonds is 4. The van der Waals surface area contributed by atoms with E-state index in [1.807, 2.05) is 13.0 Å². The molecule has 0 aliphatic heterocycles. The van der Waals surface area contributed by atoms with Gasteiger partial charge in [-0.3, -0.25) is 4.79 Å². The van der Waals surface area contributed by atoms with E-state index in [4.69, 9.17) is 9.47 Å². The molecule has 0 aliphatic carbocycles. The van der Waals surface area contributed by atoms with Crippen LogP contribution in [-0.2, 0) is 0 Å². The third-order valence-corrected chi connectivity index (χ3v) is 3.43. The van der Waals surface area contributed by atoms with E-state index in [9.17, 15) is 9.59 Å². The summed E-state index contributed by atoms with van der Waals surface area (Å²) in [5.41, 5.74) is 1.84. The highest BCUT2D eigenvalue weighted by Crippen LogP contribution is 2.36. The molecule has 0 fully saturated rings. The molecule has 21 heavy (non-hydrogen) atoms. The summed E-state index contributed by atoms with van der Waals surface area (Å²) in [5.74, 6) is 0.0682. The zero-order chi connectivity index (χ0) is 15.4. The lowest BCUT2D eigenvalue weighted by Gasteiger charge is -2.12. The Labute approximate surface area is 130 Å². The van der Waals surface area contributed by atoms with Crippen LogP contribution in [0, 0.1) is 6.92 Å². The third-order valence-electron chi connectivity index (χ3n) is 2.84. The Balaban J connectivity index is 2.35. The van der Waals surface area contributed by atoms with Gasteiger partial charge in [0.05, 0.1) is 17.1 Å². The van der Waals surface area contributed by atoms with Crippen molar-refractivity contribution in [3.63, 3.8) is 0 Å². The van der Waals surface area contributed by atoms with Crippen LogP contribution >= 0.6 is 15.9 Å². The molecular formula is C16H13BrO4. The number of benzene rings is 2. The fourth-order valence-corrected chi connectivity index (χ4v) is 2.37. The summed E-state index contributed by atoms with van der Waals surface area (Å²) in [6, 6.07) is 10.2. The van der Waals surface area contributed by atoms with Gasteiger partial charge in [0.25, 0.3) is 0 Å². The van der Waals surface area contributed by atoms with Crippen LogP contribution in [0.5, 0.6) is 11.5 Å². The number of aryl methyl sites for hydroxylation is 1. The molecule has 0 saturated carbocycles. The lowest BCUT2D eigenvalue weighted by Crippen LogP contribution is -2.10. The second kappa shape index (κ2) is 6.54. The highest BCUT2D eigenvalue weighted by molar-refractivity contribution is 9.10. The highest BCUT2D eigenvalue weighted by atomic mass is 79.9. The molecular weight excluding hydrogens is 336 g/mol. The molecule has 2 aromatic carbocycles. The number of hydrogen-bond donors (Lipinski definition) is 0. The standard InChI is InChI=1S/C16H13BrO4/c1-10-4-3-5-12(6-10)16(19)21-15-13(17)7-11(9-18)8-14(15)20-2/h3-9H,1-2H3. The van der Waals surface area contributed by atoms with Crippen molar-refractivity contribution in [1.82, 2.24) is 0 Å². The monoisotopic (exact) mass is 348 g/mol. The van der Waals surface area contributed by atoms with Crippen molar-refractivity contribution >= 4 is 28.2 Å². The van der Waals surface area contributed by atoms with Crippen LogP contribution in [0.25, 0.3) is 0 Å². The first-order chi connectivity index (χ1) is 10.0. The van der Waals surface area contributed by atoms with E-state index in [0.29, 0.717) is 27.6 Å². The second-order valence-corrected chi connectivity index (χ2v) is 5.27. The first kappa shape index (κ1) is 15.3.